The van der Waals surface area contributed by atoms with Crippen molar-refractivity contribution in [3.05, 3.63) is 10.5 Å². The zero-order valence-electron chi connectivity index (χ0n) is 8.97. The van der Waals surface area contributed by atoms with Gasteiger partial charge in [-0.15, -0.1) is 0 Å². The summed E-state index contributed by atoms with van der Waals surface area (Å²) in [5.41, 5.74) is 6.57. The van der Waals surface area contributed by atoms with Crippen molar-refractivity contribution in [1.82, 2.24) is 19.1 Å². The molecule has 2 aromatic rings. The Morgan fingerprint density at radius 3 is 2.94 bits per heavy atom. The molecule has 0 amide bonds. The van der Waals surface area contributed by atoms with Gasteiger partial charge < -0.3 is 10.5 Å². The summed E-state index contributed by atoms with van der Waals surface area (Å²) in [6, 6.07) is 0.516. The Bertz CT molecular complexity index is 641. The molecule has 0 aromatic carbocycles. The molecule has 3 rings (SSSR count). The molecule has 1 aliphatic heterocycles. The van der Waals surface area contributed by atoms with Crippen LogP contribution in [0, 0.1) is 0 Å². The first-order valence-corrected chi connectivity index (χ1v) is 4.95. The normalized spacial score (nSPS) is 18.2. The molecule has 16 heavy (non-hydrogen) atoms. The molecule has 0 fully saturated rings. The molecule has 7 heteroatoms. The van der Waals surface area contributed by atoms with E-state index in [0.29, 0.717) is 23.7 Å². The van der Waals surface area contributed by atoms with Crippen molar-refractivity contribution in [2.24, 2.45) is 0 Å². The van der Waals surface area contributed by atoms with E-state index in [-0.39, 0.29) is 17.5 Å². The number of nitrogen functional groups attached to an aromatic ring is 1. The first-order valence-electron chi connectivity index (χ1n) is 4.95. The fourth-order valence-corrected chi connectivity index (χ4v) is 2.20. The Hall–Kier alpha value is -2.05. The minimum Gasteiger partial charge on any atom is -0.468 e. The molecule has 2 N–H and O–H groups in total. The van der Waals surface area contributed by atoms with Gasteiger partial charge in [0.2, 0.25) is 0 Å². The summed E-state index contributed by atoms with van der Waals surface area (Å²) in [5, 5.41) is 0. The number of anilines is 1. The van der Waals surface area contributed by atoms with E-state index in [1.807, 2.05) is 11.5 Å². The number of imidazole rings is 1. The smallest absolute Gasteiger partial charge is 0.351 e. The number of ether oxygens (including phenoxy) is 1. The topological polar surface area (TPSA) is 88.0 Å². The van der Waals surface area contributed by atoms with Crippen LogP contribution >= 0.6 is 0 Å². The lowest BCUT2D eigenvalue weighted by atomic mass is 10.3. The van der Waals surface area contributed by atoms with Crippen LogP contribution in [-0.2, 0) is 6.54 Å². The first kappa shape index (κ1) is 9.20. The number of aromatic nitrogens is 4. The van der Waals surface area contributed by atoms with Crippen LogP contribution in [0.5, 0.6) is 6.01 Å². The molecule has 2 aromatic heterocycles. The van der Waals surface area contributed by atoms with Crippen LogP contribution in [0.15, 0.2) is 4.79 Å². The van der Waals surface area contributed by atoms with Crippen LogP contribution in [-0.4, -0.2) is 26.2 Å². The van der Waals surface area contributed by atoms with E-state index in [9.17, 15) is 4.79 Å². The summed E-state index contributed by atoms with van der Waals surface area (Å²) in [6.07, 6.45) is 0. The summed E-state index contributed by atoms with van der Waals surface area (Å²) in [4.78, 5) is 19.7. The van der Waals surface area contributed by atoms with Crippen molar-refractivity contribution in [1.29, 1.82) is 0 Å². The molecule has 0 saturated heterocycles. The van der Waals surface area contributed by atoms with Gasteiger partial charge in [0.05, 0.1) is 13.2 Å². The number of rotatable bonds is 1. The maximum atomic E-state index is 11.7. The lowest BCUT2D eigenvalue weighted by Crippen LogP contribution is -2.24. The lowest BCUT2D eigenvalue weighted by molar-refractivity contribution is 0.355. The van der Waals surface area contributed by atoms with Crippen LogP contribution < -0.4 is 16.2 Å². The minimum absolute atomic E-state index is 0.0509. The van der Waals surface area contributed by atoms with E-state index in [4.69, 9.17) is 10.5 Å². The van der Waals surface area contributed by atoms with E-state index in [2.05, 4.69) is 9.97 Å². The average molecular weight is 221 g/mol. The highest BCUT2D eigenvalue weighted by Crippen LogP contribution is 2.31. The molecule has 1 atom stereocenters. The largest absolute Gasteiger partial charge is 0.468 e. The monoisotopic (exact) mass is 221 g/mol. The zero-order valence-corrected chi connectivity index (χ0v) is 8.97. The molecule has 0 spiro atoms. The highest BCUT2D eigenvalue weighted by atomic mass is 16.5. The molecule has 0 radical (unpaired) electrons. The van der Waals surface area contributed by atoms with Gasteiger partial charge in [-0.25, -0.2) is 4.79 Å². The molecule has 1 unspecified atom stereocenters. The highest BCUT2D eigenvalue weighted by Gasteiger charge is 2.28. The molecule has 1 aliphatic rings. The first-order chi connectivity index (χ1) is 7.63. The van der Waals surface area contributed by atoms with Crippen LogP contribution in [0.1, 0.15) is 13.0 Å². The zero-order chi connectivity index (χ0) is 11.4. The van der Waals surface area contributed by atoms with Crippen molar-refractivity contribution in [3.8, 4) is 6.01 Å². The molecular weight excluding hydrogens is 210 g/mol. The maximum absolute atomic E-state index is 11.7. The van der Waals surface area contributed by atoms with Gasteiger partial charge in [0.15, 0.2) is 17.0 Å². The van der Waals surface area contributed by atoms with Gasteiger partial charge in [0.25, 0.3) is 6.01 Å². The lowest BCUT2D eigenvalue weighted by Gasteiger charge is -2.06. The second kappa shape index (κ2) is 2.75. The van der Waals surface area contributed by atoms with E-state index in [1.54, 1.807) is 11.7 Å². The predicted octanol–water partition coefficient (Wildman–Crippen LogP) is -0.242. The molecule has 0 aliphatic carbocycles. The average Bonchev–Trinajstić information content (AvgIpc) is 2.72. The third-order valence-electron chi connectivity index (χ3n) is 2.87. The van der Waals surface area contributed by atoms with Gasteiger partial charge >= 0.3 is 5.69 Å². The number of hydrogen-bond donors (Lipinski definition) is 1. The summed E-state index contributed by atoms with van der Waals surface area (Å²) in [5.74, 6) is 0.155. The van der Waals surface area contributed by atoms with Crippen LogP contribution in [0.3, 0.4) is 0 Å². The molecule has 0 bridgehead atoms. The van der Waals surface area contributed by atoms with Crippen LogP contribution in [0.4, 0.5) is 5.82 Å². The molecule has 84 valence electrons. The van der Waals surface area contributed by atoms with Gasteiger partial charge in [-0.1, -0.05) is 0 Å². The number of methoxy groups -OCH3 is 1. The maximum Gasteiger partial charge on any atom is 0.351 e. The Labute approximate surface area is 90.5 Å². The van der Waals surface area contributed by atoms with Crippen molar-refractivity contribution < 1.29 is 4.74 Å². The summed E-state index contributed by atoms with van der Waals surface area (Å²) < 4.78 is 8.60. The Morgan fingerprint density at radius 1 is 1.50 bits per heavy atom. The van der Waals surface area contributed by atoms with Crippen molar-refractivity contribution in [2.75, 3.05) is 12.8 Å². The van der Waals surface area contributed by atoms with Gasteiger partial charge in [0.1, 0.15) is 0 Å². The second-order valence-electron chi connectivity index (χ2n) is 3.88. The van der Waals surface area contributed by atoms with Crippen molar-refractivity contribution in [2.45, 2.75) is 19.5 Å². The van der Waals surface area contributed by atoms with E-state index < -0.39 is 0 Å². The van der Waals surface area contributed by atoms with Crippen LogP contribution in [0.2, 0.25) is 0 Å². The Morgan fingerprint density at radius 2 is 2.25 bits per heavy atom. The Kier molecular flexibility index (Phi) is 1.58. The van der Waals surface area contributed by atoms with Gasteiger partial charge in [-0.2, -0.15) is 9.97 Å². The Balaban J connectivity index is 2.53. The van der Waals surface area contributed by atoms with E-state index in [1.165, 1.54) is 0 Å². The highest BCUT2D eigenvalue weighted by molar-refractivity contribution is 5.83. The third kappa shape index (κ3) is 0.898. The molecular formula is C9H11N5O2. The summed E-state index contributed by atoms with van der Waals surface area (Å²) >= 11 is 0. The minimum atomic E-state index is -0.334. The number of nitrogens with two attached hydrogens (primary N) is 1. The standard InChI is InChI=1S/C9H11N5O2/c1-4-3-13-7-5(11-9(13)16-2)6(10)12-8(15)14(4)7/h4H,3H2,1-2H3,(H2,10,12,15). The van der Waals surface area contributed by atoms with Gasteiger partial charge in [-0.05, 0) is 6.92 Å². The summed E-state index contributed by atoms with van der Waals surface area (Å²) in [7, 11) is 1.54. The molecule has 7 nitrogen and oxygen atoms in total. The summed E-state index contributed by atoms with van der Waals surface area (Å²) in [6.45, 7) is 2.60. The predicted molar refractivity (Wildman–Crippen MR) is 57.5 cm³/mol. The SMILES string of the molecule is COc1nc2c(N)nc(=O)n3c2n1CC3C. The number of hydrogen-bond acceptors (Lipinski definition) is 5. The fourth-order valence-electron chi connectivity index (χ4n) is 2.20. The quantitative estimate of drug-likeness (QED) is 0.717. The number of nitrogens with zero attached hydrogens (tertiary/aromatic N) is 4. The van der Waals surface area contributed by atoms with Crippen molar-refractivity contribution >= 4 is 17.0 Å². The van der Waals surface area contributed by atoms with Crippen molar-refractivity contribution in [3.63, 3.8) is 0 Å². The van der Waals surface area contributed by atoms with Crippen LogP contribution in [0.25, 0.3) is 11.2 Å². The molecule has 3 heterocycles. The van der Waals surface area contributed by atoms with Gasteiger partial charge in [-0.3, -0.25) is 9.13 Å². The van der Waals surface area contributed by atoms with E-state index >= 15 is 0 Å². The fraction of sp³-hybridized carbons (Fsp3) is 0.444. The van der Waals surface area contributed by atoms with Gasteiger partial charge in [0, 0.05) is 6.54 Å². The second-order valence-corrected chi connectivity index (χ2v) is 3.88. The molecule has 0 saturated carbocycles. The third-order valence-corrected chi connectivity index (χ3v) is 2.87. The van der Waals surface area contributed by atoms with E-state index in [0.717, 1.165) is 0 Å².